The van der Waals surface area contributed by atoms with Gasteiger partial charge in [-0.15, -0.1) is 0 Å². The third-order valence-corrected chi connectivity index (χ3v) is 8.32. The molecule has 122 valence electrons. The monoisotopic (exact) mass is 317 g/mol. The molecule has 3 fully saturated rings. The fourth-order valence-corrected chi connectivity index (χ4v) is 6.48. The van der Waals surface area contributed by atoms with E-state index in [1.165, 1.54) is 4.31 Å². The maximum atomic E-state index is 12.6. The number of hydrogen-bond donors (Lipinski definition) is 0. The first-order valence-electron chi connectivity index (χ1n) is 7.78. The van der Waals surface area contributed by atoms with Crippen LogP contribution in [-0.2, 0) is 19.5 Å². The van der Waals surface area contributed by atoms with Crippen LogP contribution in [-0.4, -0.2) is 51.1 Å². The second kappa shape index (κ2) is 4.43. The number of rotatable bonds is 3. The van der Waals surface area contributed by atoms with Crippen LogP contribution >= 0.6 is 0 Å². The fraction of sp³-hybridized carbons (Fsp3) is 1.00. The van der Waals surface area contributed by atoms with E-state index in [1.807, 2.05) is 6.92 Å². The van der Waals surface area contributed by atoms with Crippen LogP contribution in [0.5, 0.6) is 0 Å². The van der Waals surface area contributed by atoms with Gasteiger partial charge >= 0.3 is 0 Å². The number of hydrogen-bond acceptors (Lipinski definition) is 4. The minimum atomic E-state index is -3.30. The first-order chi connectivity index (χ1) is 9.56. The van der Waals surface area contributed by atoms with Crippen LogP contribution in [0.3, 0.4) is 0 Å². The molecule has 3 rings (SSSR count). The molecule has 1 heterocycles. The third-order valence-electron chi connectivity index (χ3n) is 6.35. The highest BCUT2D eigenvalue weighted by Crippen LogP contribution is 2.72. The molecule has 0 aromatic carbocycles. The van der Waals surface area contributed by atoms with Crippen LogP contribution < -0.4 is 0 Å². The second-order valence-corrected chi connectivity index (χ2v) is 9.96. The van der Waals surface area contributed by atoms with Gasteiger partial charge in [-0.2, -0.15) is 0 Å². The Balaban J connectivity index is 2.06. The average Bonchev–Trinajstić information content (AvgIpc) is 2.88. The molecule has 1 saturated heterocycles. The molecule has 0 N–H and O–H groups in total. The highest BCUT2D eigenvalue weighted by molar-refractivity contribution is 7.89. The lowest BCUT2D eigenvalue weighted by Gasteiger charge is -2.47. The van der Waals surface area contributed by atoms with Gasteiger partial charge in [0.1, 0.15) is 0 Å². The minimum absolute atomic E-state index is 0.0408. The van der Waals surface area contributed by atoms with E-state index in [9.17, 15) is 8.42 Å². The van der Waals surface area contributed by atoms with E-state index in [0.717, 1.165) is 19.3 Å². The van der Waals surface area contributed by atoms with E-state index in [1.54, 1.807) is 14.1 Å². The van der Waals surface area contributed by atoms with Gasteiger partial charge in [0.15, 0.2) is 5.79 Å². The maximum Gasteiger partial charge on any atom is 0.214 e. The van der Waals surface area contributed by atoms with Crippen molar-refractivity contribution in [2.24, 2.45) is 16.7 Å². The SMILES string of the molecule is CC1CO[C@]2(C[C@@H]3CC[C@@]2(CS(=O)(=O)N(C)C)C3(C)C)O1. The predicted molar refractivity (Wildman–Crippen MR) is 80.3 cm³/mol. The van der Waals surface area contributed by atoms with Crippen LogP contribution in [0, 0.1) is 16.7 Å². The summed E-state index contributed by atoms with van der Waals surface area (Å²) >= 11 is 0. The fourth-order valence-electron chi connectivity index (χ4n) is 4.86. The van der Waals surface area contributed by atoms with Gasteiger partial charge < -0.3 is 9.47 Å². The van der Waals surface area contributed by atoms with E-state index in [-0.39, 0.29) is 17.3 Å². The quantitative estimate of drug-likeness (QED) is 0.797. The first kappa shape index (κ1) is 15.7. The van der Waals surface area contributed by atoms with Crippen LogP contribution in [0.15, 0.2) is 0 Å². The normalized spacial score (nSPS) is 45.0. The molecule has 21 heavy (non-hydrogen) atoms. The molecule has 6 heteroatoms. The summed E-state index contributed by atoms with van der Waals surface area (Å²) in [6.45, 7) is 6.95. The van der Waals surface area contributed by atoms with Gasteiger partial charge in [0.2, 0.25) is 10.0 Å². The Morgan fingerprint density at radius 3 is 2.43 bits per heavy atom. The Labute approximate surface area is 128 Å². The maximum absolute atomic E-state index is 12.6. The van der Waals surface area contributed by atoms with Crippen molar-refractivity contribution in [2.45, 2.75) is 51.9 Å². The summed E-state index contributed by atoms with van der Waals surface area (Å²) in [6.07, 6.45) is 2.80. The summed E-state index contributed by atoms with van der Waals surface area (Å²) in [4.78, 5) is 0. The Morgan fingerprint density at radius 1 is 1.29 bits per heavy atom. The van der Waals surface area contributed by atoms with Crippen LogP contribution in [0.25, 0.3) is 0 Å². The van der Waals surface area contributed by atoms with Crippen LogP contribution in [0.2, 0.25) is 0 Å². The van der Waals surface area contributed by atoms with Crippen molar-refractivity contribution in [2.75, 3.05) is 26.5 Å². The largest absolute Gasteiger partial charge is 0.347 e. The molecule has 1 aliphatic heterocycles. The highest BCUT2D eigenvalue weighted by atomic mass is 32.2. The summed E-state index contributed by atoms with van der Waals surface area (Å²) in [6, 6.07) is 0. The number of nitrogens with zero attached hydrogens (tertiary/aromatic N) is 1. The lowest BCUT2D eigenvalue weighted by Crippen LogP contribution is -2.55. The van der Waals surface area contributed by atoms with Crippen molar-refractivity contribution >= 4 is 10.0 Å². The molecule has 5 nitrogen and oxygen atoms in total. The van der Waals surface area contributed by atoms with Crippen molar-refractivity contribution < 1.29 is 17.9 Å². The van der Waals surface area contributed by atoms with E-state index < -0.39 is 21.2 Å². The second-order valence-electron chi connectivity index (χ2n) is 7.77. The van der Waals surface area contributed by atoms with Crippen molar-refractivity contribution in [3.8, 4) is 0 Å². The summed E-state index contributed by atoms with van der Waals surface area (Å²) in [5, 5.41) is 0. The molecule has 0 aromatic rings. The third kappa shape index (κ3) is 1.89. The zero-order valence-corrected chi connectivity index (χ0v) is 14.5. The summed E-state index contributed by atoms with van der Waals surface area (Å²) < 4.78 is 38.8. The average molecular weight is 317 g/mol. The number of fused-ring (bicyclic) bond motifs is 3. The first-order valence-corrected chi connectivity index (χ1v) is 9.39. The molecule has 1 spiro atoms. The molecular formula is C15H27NO4S. The molecular weight excluding hydrogens is 290 g/mol. The van der Waals surface area contributed by atoms with E-state index >= 15 is 0 Å². The van der Waals surface area contributed by atoms with Gasteiger partial charge in [-0.05, 0) is 31.1 Å². The van der Waals surface area contributed by atoms with Gasteiger partial charge in [-0.3, -0.25) is 0 Å². The highest BCUT2D eigenvalue weighted by Gasteiger charge is 2.75. The molecule has 2 aliphatic carbocycles. The Hall–Kier alpha value is -0.170. The molecule has 2 saturated carbocycles. The predicted octanol–water partition coefficient (Wildman–Crippen LogP) is 1.84. The van der Waals surface area contributed by atoms with Gasteiger partial charge in [0.05, 0.1) is 18.5 Å². The van der Waals surface area contributed by atoms with Gasteiger partial charge in [-0.25, -0.2) is 12.7 Å². The van der Waals surface area contributed by atoms with E-state index in [0.29, 0.717) is 12.5 Å². The van der Waals surface area contributed by atoms with Gasteiger partial charge in [-0.1, -0.05) is 13.8 Å². The molecule has 0 aromatic heterocycles. The molecule has 3 aliphatic rings. The van der Waals surface area contributed by atoms with Crippen molar-refractivity contribution in [1.82, 2.24) is 4.31 Å². The van der Waals surface area contributed by atoms with Crippen molar-refractivity contribution in [1.29, 1.82) is 0 Å². The van der Waals surface area contributed by atoms with E-state index in [4.69, 9.17) is 9.47 Å². The molecule has 0 amide bonds. The lowest BCUT2D eigenvalue weighted by atomic mass is 9.68. The smallest absolute Gasteiger partial charge is 0.214 e. The lowest BCUT2D eigenvalue weighted by molar-refractivity contribution is -0.242. The van der Waals surface area contributed by atoms with Gasteiger partial charge in [0, 0.05) is 25.9 Å². The van der Waals surface area contributed by atoms with E-state index in [2.05, 4.69) is 13.8 Å². The summed E-state index contributed by atoms with van der Waals surface area (Å²) in [5.74, 6) is -0.120. The molecule has 0 radical (unpaired) electrons. The molecule has 1 unspecified atom stereocenters. The zero-order chi connectivity index (χ0) is 15.7. The van der Waals surface area contributed by atoms with Crippen LogP contribution in [0.1, 0.15) is 40.0 Å². The molecule has 2 bridgehead atoms. The minimum Gasteiger partial charge on any atom is -0.347 e. The Morgan fingerprint density at radius 2 is 1.95 bits per heavy atom. The summed E-state index contributed by atoms with van der Waals surface area (Å²) in [5.41, 5.74) is -0.529. The topological polar surface area (TPSA) is 55.8 Å². The van der Waals surface area contributed by atoms with Gasteiger partial charge in [0.25, 0.3) is 0 Å². The summed E-state index contributed by atoms with van der Waals surface area (Å²) in [7, 11) is -0.0977. The number of ether oxygens (including phenoxy) is 2. The zero-order valence-electron chi connectivity index (χ0n) is 13.7. The Bertz CT molecular complexity index is 544. The standard InChI is InChI=1S/C15H27NO4S/c1-11-9-19-15(20-11)8-12-6-7-14(15,13(12,2)3)10-21(17,18)16(4)5/h11-12H,6-10H2,1-5H3/t11?,12-,14+,15+/m0/s1. The number of sulfonamides is 1. The van der Waals surface area contributed by atoms with Crippen molar-refractivity contribution in [3.63, 3.8) is 0 Å². The molecule has 4 atom stereocenters. The van der Waals surface area contributed by atoms with Crippen molar-refractivity contribution in [3.05, 3.63) is 0 Å². The van der Waals surface area contributed by atoms with Crippen LogP contribution in [0.4, 0.5) is 0 Å². The Kier molecular flexibility index (Phi) is 3.32.